The first-order valence-corrected chi connectivity index (χ1v) is 4.29. The Morgan fingerprint density at radius 2 is 1.38 bits per heavy atom. The fourth-order valence-corrected chi connectivity index (χ4v) is 0.859. The van der Waals surface area contributed by atoms with Crippen LogP contribution >= 0.6 is 46.4 Å². The van der Waals surface area contributed by atoms with Crippen molar-refractivity contribution in [2.75, 3.05) is 0 Å². The smallest absolute Gasteiger partial charge is 0.198 e. The zero-order valence-corrected chi connectivity index (χ0v) is 8.69. The Hall–Kier alpha value is 0.1000. The molecule has 0 saturated carbocycles. The van der Waals surface area contributed by atoms with Crippen LogP contribution in [0.4, 0.5) is 8.78 Å². The number of hydrogen-bond donors (Lipinski definition) is 0. The third kappa shape index (κ3) is 2.53. The van der Waals surface area contributed by atoms with Crippen LogP contribution in [0, 0.1) is 11.9 Å². The maximum Gasteiger partial charge on any atom is 0.250 e. The van der Waals surface area contributed by atoms with Crippen molar-refractivity contribution in [3.05, 3.63) is 22.7 Å². The van der Waals surface area contributed by atoms with Gasteiger partial charge >= 0.3 is 0 Å². The molecular formula is C5Cl4F2N2. The van der Waals surface area contributed by atoms with Crippen molar-refractivity contribution < 1.29 is 8.78 Å². The van der Waals surface area contributed by atoms with E-state index in [4.69, 9.17) is 46.4 Å². The lowest BCUT2D eigenvalue weighted by Crippen LogP contribution is -2.10. The third-order valence-electron chi connectivity index (χ3n) is 1.02. The molecule has 0 aliphatic heterocycles. The first-order chi connectivity index (χ1) is 5.82. The van der Waals surface area contributed by atoms with Gasteiger partial charge in [0.2, 0.25) is 15.7 Å². The van der Waals surface area contributed by atoms with E-state index in [2.05, 4.69) is 9.97 Å². The predicted molar refractivity (Wildman–Crippen MR) is 46.2 cm³/mol. The molecule has 13 heavy (non-hydrogen) atoms. The highest BCUT2D eigenvalue weighted by Gasteiger charge is 2.29. The van der Waals surface area contributed by atoms with Crippen molar-refractivity contribution in [3.8, 4) is 0 Å². The molecule has 0 aliphatic rings. The molecule has 0 spiro atoms. The topological polar surface area (TPSA) is 25.8 Å². The van der Waals surface area contributed by atoms with Crippen LogP contribution < -0.4 is 0 Å². The van der Waals surface area contributed by atoms with Gasteiger partial charge in [-0.05, 0) is 0 Å². The Bertz CT molecular complexity index is 315. The summed E-state index contributed by atoms with van der Waals surface area (Å²) in [5.41, 5.74) is 0. The van der Waals surface area contributed by atoms with Crippen molar-refractivity contribution in [2.45, 2.75) is 3.79 Å². The van der Waals surface area contributed by atoms with Gasteiger partial charge in [-0.25, -0.2) is 0 Å². The Kier molecular flexibility index (Phi) is 3.17. The van der Waals surface area contributed by atoms with E-state index < -0.39 is 26.5 Å². The molecule has 1 rings (SSSR count). The Labute approximate surface area is 91.8 Å². The number of aromatic nitrogens is 2. The Balaban J connectivity index is 3.29. The minimum atomic E-state index is -2.08. The van der Waals surface area contributed by atoms with Gasteiger partial charge in [0.1, 0.15) is 0 Å². The fourth-order valence-electron chi connectivity index (χ4n) is 0.521. The molecule has 0 aliphatic carbocycles. The van der Waals surface area contributed by atoms with Crippen LogP contribution in [0.5, 0.6) is 0 Å². The van der Waals surface area contributed by atoms with Crippen molar-refractivity contribution >= 4 is 46.4 Å². The lowest BCUT2D eigenvalue weighted by molar-refractivity contribution is 0.515. The predicted octanol–water partition coefficient (Wildman–Crippen LogP) is 3.23. The molecule has 0 bridgehead atoms. The summed E-state index contributed by atoms with van der Waals surface area (Å²) < 4.78 is 23.3. The van der Waals surface area contributed by atoms with Crippen LogP contribution in [0.15, 0.2) is 0 Å². The monoisotopic (exact) mass is 266 g/mol. The first-order valence-electron chi connectivity index (χ1n) is 2.78. The van der Waals surface area contributed by atoms with Gasteiger partial charge in [-0.15, -0.1) is 0 Å². The summed E-state index contributed by atoms with van der Waals surface area (Å²) in [6.45, 7) is 0. The summed E-state index contributed by atoms with van der Waals surface area (Å²) >= 11 is 20.9. The van der Waals surface area contributed by atoms with Crippen molar-refractivity contribution in [3.63, 3.8) is 0 Å². The van der Waals surface area contributed by atoms with Gasteiger partial charge in [-0.2, -0.15) is 18.7 Å². The van der Waals surface area contributed by atoms with Crippen LogP contribution in [0.3, 0.4) is 0 Å². The van der Waals surface area contributed by atoms with E-state index in [1.165, 1.54) is 0 Å². The van der Waals surface area contributed by atoms with Gasteiger partial charge in [0.15, 0.2) is 10.8 Å². The molecule has 0 atom stereocenters. The minimum absolute atomic E-state index is 0.600. The highest BCUT2D eigenvalue weighted by atomic mass is 35.6. The number of halogens is 6. The molecule has 1 aromatic rings. The SMILES string of the molecule is Fc1nc(C(Cl)(Cl)Cl)nc(F)c1Cl. The van der Waals surface area contributed by atoms with E-state index in [0.29, 0.717) is 0 Å². The van der Waals surface area contributed by atoms with Crippen LogP contribution in [-0.2, 0) is 3.79 Å². The first kappa shape index (κ1) is 11.2. The highest BCUT2D eigenvalue weighted by molar-refractivity contribution is 6.66. The Morgan fingerprint density at radius 3 is 1.69 bits per heavy atom. The van der Waals surface area contributed by atoms with Gasteiger partial charge in [-0.3, -0.25) is 0 Å². The molecule has 0 saturated heterocycles. The molecule has 72 valence electrons. The number of hydrogen-bond acceptors (Lipinski definition) is 2. The molecule has 0 unspecified atom stereocenters. The Morgan fingerprint density at radius 1 is 1.00 bits per heavy atom. The maximum absolute atomic E-state index is 12.7. The molecule has 8 heteroatoms. The van der Waals surface area contributed by atoms with Crippen LogP contribution in [0.1, 0.15) is 5.82 Å². The van der Waals surface area contributed by atoms with E-state index in [1.54, 1.807) is 0 Å². The average molecular weight is 268 g/mol. The molecule has 1 aromatic heterocycles. The standard InChI is InChI=1S/C5Cl4F2N2/c6-1-2(10)12-4(5(7,8)9)13-3(1)11. The van der Waals surface area contributed by atoms with E-state index in [0.717, 1.165) is 0 Å². The van der Waals surface area contributed by atoms with Gasteiger partial charge in [0.05, 0.1) is 0 Å². The molecule has 0 fully saturated rings. The molecule has 0 radical (unpaired) electrons. The summed E-state index contributed by atoms with van der Waals surface area (Å²) in [5.74, 6) is -3.14. The number of nitrogens with zero attached hydrogens (tertiary/aromatic N) is 2. The second kappa shape index (κ2) is 3.69. The van der Waals surface area contributed by atoms with Crippen LogP contribution in [0.2, 0.25) is 5.02 Å². The quantitative estimate of drug-likeness (QED) is 0.533. The zero-order chi connectivity index (χ0) is 10.2. The van der Waals surface area contributed by atoms with Crippen molar-refractivity contribution in [1.82, 2.24) is 9.97 Å². The third-order valence-corrected chi connectivity index (χ3v) is 1.84. The molecule has 1 heterocycles. The molecule has 0 N–H and O–H groups in total. The fraction of sp³-hybridized carbons (Fsp3) is 0.200. The van der Waals surface area contributed by atoms with Crippen LogP contribution in [0.25, 0.3) is 0 Å². The zero-order valence-electron chi connectivity index (χ0n) is 5.66. The summed E-state index contributed by atoms with van der Waals surface area (Å²) in [6.07, 6.45) is 0. The second-order valence-electron chi connectivity index (χ2n) is 1.94. The second-order valence-corrected chi connectivity index (χ2v) is 4.60. The van der Waals surface area contributed by atoms with Gasteiger partial charge < -0.3 is 0 Å². The van der Waals surface area contributed by atoms with E-state index in [1.807, 2.05) is 0 Å². The number of alkyl halides is 3. The van der Waals surface area contributed by atoms with Gasteiger partial charge in [0, 0.05) is 0 Å². The maximum atomic E-state index is 12.7. The van der Waals surface area contributed by atoms with Crippen molar-refractivity contribution in [1.29, 1.82) is 0 Å². The van der Waals surface area contributed by atoms with E-state index in [-0.39, 0.29) is 0 Å². The summed E-state index contributed by atoms with van der Waals surface area (Å²) in [4.78, 5) is 6.12. The lowest BCUT2D eigenvalue weighted by atomic mass is 10.5. The molecular weight excluding hydrogens is 268 g/mol. The molecule has 2 nitrogen and oxygen atoms in total. The van der Waals surface area contributed by atoms with Crippen molar-refractivity contribution in [2.24, 2.45) is 0 Å². The van der Waals surface area contributed by atoms with Gasteiger partial charge in [0.25, 0.3) is 0 Å². The normalized spacial score (nSPS) is 11.8. The number of rotatable bonds is 0. The summed E-state index contributed by atoms with van der Waals surface area (Å²) in [6, 6.07) is 0. The molecule has 0 amide bonds. The summed E-state index contributed by atoms with van der Waals surface area (Å²) in [5, 5.41) is -0.835. The van der Waals surface area contributed by atoms with E-state index in [9.17, 15) is 8.78 Å². The van der Waals surface area contributed by atoms with Crippen LogP contribution in [-0.4, -0.2) is 9.97 Å². The average Bonchev–Trinajstić information content (AvgIpc) is 1.97. The molecule has 0 aromatic carbocycles. The largest absolute Gasteiger partial charge is 0.250 e. The summed E-state index contributed by atoms with van der Waals surface area (Å²) in [7, 11) is 0. The lowest BCUT2D eigenvalue weighted by Gasteiger charge is -2.08. The van der Waals surface area contributed by atoms with Gasteiger partial charge in [-0.1, -0.05) is 46.4 Å². The minimum Gasteiger partial charge on any atom is -0.198 e. The highest BCUT2D eigenvalue weighted by Crippen LogP contribution is 2.36. The van der Waals surface area contributed by atoms with E-state index >= 15 is 0 Å².